The molecule has 0 amide bonds. The van der Waals surface area contributed by atoms with Crippen LogP contribution in [0.1, 0.15) is 51.6 Å². The van der Waals surface area contributed by atoms with Crippen LogP contribution in [0, 0.1) is 18.3 Å². The smallest absolute Gasteiger partial charge is 0.123 e. The topological polar surface area (TPSA) is 61.5 Å². The molecule has 4 rings (SSSR count). The Kier molecular flexibility index (Phi) is 4.89. The molecule has 1 radical (unpaired) electrons. The Bertz CT molecular complexity index is 828. The van der Waals surface area contributed by atoms with Gasteiger partial charge in [-0.1, -0.05) is 45.0 Å². The van der Waals surface area contributed by atoms with Crippen molar-refractivity contribution >= 4 is 0 Å². The minimum atomic E-state index is -1.08. The Morgan fingerprint density at radius 2 is 1.89 bits per heavy atom. The first kappa shape index (κ1) is 19.6. The summed E-state index contributed by atoms with van der Waals surface area (Å²) in [5, 5.41) is 21.9. The van der Waals surface area contributed by atoms with Gasteiger partial charge >= 0.3 is 0 Å². The predicted molar refractivity (Wildman–Crippen MR) is 110 cm³/mol. The number of hydrogen-bond acceptors (Lipinski definition) is 4. The third-order valence-corrected chi connectivity index (χ3v) is 6.87. The van der Waals surface area contributed by atoms with Crippen LogP contribution in [0.3, 0.4) is 0 Å². The molecule has 2 aliphatic rings. The van der Waals surface area contributed by atoms with Crippen LogP contribution in [0.2, 0.25) is 0 Å². The number of benzene rings is 1. The number of likely N-dealkylation sites (tertiary alicyclic amines) is 1. The molecule has 5 nitrogen and oxygen atoms in total. The zero-order valence-corrected chi connectivity index (χ0v) is 17.2. The Labute approximate surface area is 168 Å². The summed E-state index contributed by atoms with van der Waals surface area (Å²) < 4.78 is 2.19. The highest BCUT2D eigenvalue weighted by Gasteiger charge is 2.43. The molecule has 0 bridgehead atoms. The fraction of sp³-hybridized carbons (Fsp3) is 0.565. The SMILES string of the molecule is [CH2]C(O)(N1CCC(C(O)CC2c3ccccc3-c3cncn32)CC1)C(C)(C)C. The molecule has 5 heteroatoms. The maximum absolute atomic E-state index is 11.0. The number of imidazole rings is 1. The van der Waals surface area contributed by atoms with Crippen molar-refractivity contribution in [1.29, 1.82) is 0 Å². The molecule has 3 heterocycles. The third kappa shape index (κ3) is 3.19. The van der Waals surface area contributed by atoms with Crippen molar-refractivity contribution in [3.05, 3.63) is 49.3 Å². The largest absolute Gasteiger partial charge is 0.393 e. The molecular formula is C23H32N3O2. The number of nitrogens with zero attached hydrogens (tertiary/aromatic N) is 3. The van der Waals surface area contributed by atoms with E-state index < -0.39 is 5.72 Å². The molecule has 1 aromatic heterocycles. The summed E-state index contributed by atoms with van der Waals surface area (Å²) in [4.78, 5) is 6.38. The van der Waals surface area contributed by atoms with E-state index in [1.807, 2.05) is 33.3 Å². The molecule has 1 saturated heterocycles. The van der Waals surface area contributed by atoms with Crippen LogP contribution < -0.4 is 0 Å². The van der Waals surface area contributed by atoms with E-state index in [0.29, 0.717) is 6.42 Å². The number of rotatable bonds is 4. The number of aromatic nitrogens is 2. The number of aliphatic hydroxyl groups is 2. The first-order valence-corrected chi connectivity index (χ1v) is 10.3. The van der Waals surface area contributed by atoms with Crippen molar-refractivity contribution in [3.8, 4) is 11.3 Å². The monoisotopic (exact) mass is 382 g/mol. The van der Waals surface area contributed by atoms with E-state index >= 15 is 0 Å². The quantitative estimate of drug-likeness (QED) is 0.850. The summed E-state index contributed by atoms with van der Waals surface area (Å²) in [5.74, 6) is 0.242. The highest BCUT2D eigenvalue weighted by atomic mass is 16.3. The Morgan fingerprint density at radius 1 is 1.21 bits per heavy atom. The lowest BCUT2D eigenvalue weighted by atomic mass is 9.80. The van der Waals surface area contributed by atoms with Gasteiger partial charge in [0.2, 0.25) is 0 Å². The van der Waals surface area contributed by atoms with E-state index in [1.165, 1.54) is 11.1 Å². The van der Waals surface area contributed by atoms with Gasteiger partial charge in [0.15, 0.2) is 0 Å². The second-order valence-corrected chi connectivity index (χ2v) is 9.48. The molecule has 3 atom stereocenters. The molecule has 0 spiro atoms. The summed E-state index contributed by atoms with van der Waals surface area (Å²) in [5.41, 5.74) is 2.23. The molecule has 1 aromatic carbocycles. The number of hydrogen-bond donors (Lipinski definition) is 2. The summed E-state index contributed by atoms with van der Waals surface area (Å²) in [6.45, 7) is 11.6. The minimum Gasteiger partial charge on any atom is -0.393 e. The van der Waals surface area contributed by atoms with Gasteiger partial charge in [-0.2, -0.15) is 0 Å². The normalized spacial score (nSPS) is 23.9. The van der Waals surface area contributed by atoms with Gasteiger partial charge in [0.25, 0.3) is 0 Å². The summed E-state index contributed by atoms with van der Waals surface area (Å²) >= 11 is 0. The number of aliphatic hydroxyl groups excluding tert-OH is 1. The maximum atomic E-state index is 11.0. The standard InChI is InChI=1S/C23H32N3O2/c1-22(2,3)23(4,28)25-11-9-16(10-12-25)21(27)13-19-17-7-5-6-8-18(17)20-14-24-15-26(19)20/h5-8,14-16,19,21,27-28H,4,9-13H2,1-3H3. The van der Waals surface area contributed by atoms with Crippen molar-refractivity contribution in [3.63, 3.8) is 0 Å². The van der Waals surface area contributed by atoms with Crippen LogP contribution in [-0.4, -0.2) is 49.6 Å². The molecule has 0 saturated carbocycles. The summed E-state index contributed by atoms with van der Waals surface area (Å²) in [6.07, 6.45) is 5.85. The molecule has 1 fully saturated rings. The van der Waals surface area contributed by atoms with Gasteiger partial charge in [-0.3, -0.25) is 4.90 Å². The molecule has 151 valence electrons. The van der Waals surface area contributed by atoms with Gasteiger partial charge in [-0.15, -0.1) is 0 Å². The second-order valence-electron chi connectivity index (χ2n) is 9.48. The molecular weight excluding hydrogens is 350 g/mol. The number of fused-ring (bicyclic) bond motifs is 3. The maximum Gasteiger partial charge on any atom is 0.123 e. The summed E-state index contributed by atoms with van der Waals surface area (Å²) in [6, 6.07) is 8.56. The first-order chi connectivity index (χ1) is 13.2. The number of piperidine rings is 1. The van der Waals surface area contributed by atoms with Crippen LogP contribution in [0.4, 0.5) is 0 Å². The minimum absolute atomic E-state index is 0.140. The van der Waals surface area contributed by atoms with Crippen molar-refractivity contribution in [2.45, 2.75) is 57.9 Å². The van der Waals surface area contributed by atoms with Crippen molar-refractivity contribution in [2.24, 2.45) is 11.3 Å². The second kappa shape index (κ2) is 6.97. The van der Waals surface area contributed by atoms with Gasteiger partial charge in [0.1, 0.15) is 5.72 Å². The Hall–Kier alpha value is -1.69. The van der Waals surface area contributed by atoms with Crippen molar-refractivity contribution in [1.82, 2.24) is 14.5 Å². The molecule has 2 aliphatic heterocycles. The lowest BCUT2D eigenvalue weighted by Crippen LogP contribution is -2.58. The lowest BCUT2D eigenvalue weighted by molar-refractivity contribution is -0.156. The third-order valence-electron chi connectivity index (χ3n) is 6.87. The first-order valence-electron chi connectivity index (χ1n) is 10.3. The van der Waals surface area contributed by atoms with Gasteiger partial charge in [0.05, 0.1) is 30.4 Å². The highest BCUT2D eigenvalue weighted by Crippen LogP contribution is 2.43. The fourth-order valence-corrected chi connectivity index (χ4v) is 4.72. The van der Waals surface area contributed by atoms with Crippen LogP contribution in [0.25, 0.3) is 11.3 Å². The average molecular weight is 383 g/mol. The summed E-state index contributed by atoms with van der Waals surface area (Å²) in [7, 11) is 0. The zero-order chi connectivity index (χ0) is 20.1. The van der Waals surface area contributed by atoms with Crippen molar-refractivity contribution < 1.29 is 10.2 Å². The van der Waals surface area contributed by atoms with E-state index in [9.17, 15) is 10.2 Å². The fourth-order valence-electron chi connectivity index (χ4n) is 4.72. The zero-order valence-electron chi connectivity index (χ0n) is 17.2. The Balaban J connectivity index is 1.43. The highest BCUT2D eigenvalue weighted by molar-refractivity contribution is 5.68. The van der Waals surface area contributed by atoms with Crippen LogP contribution in [-0.2, 0) is 0 Å². The molecule has 2 N–H and O–H groups in total. The van der Waals surface area contributed by atoms with E-state index in [1.54, 1.807) is 0 Å². The molecule has 0 aliphatic carbocycles. The van der Waals surface area contributed by atoms with Crippen LogP contribution >= 0.6 is 0 Å². The Morgan fingerprint density at radius 3 is 2.57 bits per heavy atom. The molecule has 28 heavy (non-hydrogen) atoms. The van der Waals surface area contributed by atoms with E-state index in [4.69, 9.17) is 0 Å². The van der Waals surface area contributed by atoms with E-state index in [2.05, 4.69) is 45.6 Å². The van der Waals surface area contributed by atoms with Gasteiger partial charge in [-0.25, -0.2) is 4.98 Å². The van der Waals surface area contributed by atoms with E-state index in [-0.39, 0.29) is 23.5 Å². The van der Waals surface area contributed by atoms with E-state index in [0.717, 1.165) is 31.6 Å². The van der Waals surface area contributed by atoms with Crippen molar-refractivity contribution in [2.75, 3.05) is 13.1 Å². The van der Waals surface area contributed by atoms with Gasteiger partial charge < -0.3 is 14.8 Å². The van der Waals surface area contributed by atoms with Crippen LogP contribution in [0.5, 0.6) is 0 Å². The molecule has 2 aromatic rings. The average Bonchev–Trinajstić information content (AvgIpc) is 3.24. The van der Waals surface area contributed by atoms with Crippen LogP contribution in [0.15, 0.2) is 36.8 Å². The molecule has 3 unspecified atom stereocenters. The predicted octanol–water partition coefficient (Wildman–Crippen LogP) is 3.48. The van der Waals surface area contributed by atoms with Gasteiger partial charge in [-0.05, 0) is 37.7 Å². The lowest BCUT2D eigenvalue weighted by Gasteiger charge is -2.49. The van der Waals surface area contributed by atoms with Gasteiger partial charge in [0, 0.05) is 24.1 Å².